The smallest absolute Gasteiger partial charge is 0.271 e. The predicted octanol–water partition coefficient (Wildman–Crippen LogP) is 3.17. The van der Waals surface area contributed by atoms with E-state index < -0.39 is 0 Å². The van der Waals surface area contributed by atoms with Crippen LogP contribution in [0.4, 0.5) is 0 Å². The minimum Gasteiger partial charge on any atom is -0.463 e. The third-order valence-electron chi connectivity index (χ3n) is 3.60. The summed E-state index contributed by atoms with van der Waals surface area (Å²) in [4.78, 5) is 24.4. The van der Waals surface area contributed by atoms with Gasteiger partial charge in [0.05, 0.1) is 17.2 Å². The second-order valence-electron chi connectivity index (χ2n) is 5.59. The molecule has 0 spiro atoms. The molecule has 0 saturated carbocycles. The van der Waals surface area contributed by atoms with Crippen molar-refractivity contribution >= 4 is 23.1 Å². The van der Waals surface area contributed by atoms with Gasteiger partial charge >= 0.3 is 0 Å². The number of hydrogen-bond acceptors (Lipinski definition) is 4. The second kappa shape index (κ2) is 6.50. The first kappa shape index (κ1) is 15.7. The van der Waals surface area contributed by atoms with Crippen LogP contribution in [0.5, 0.6) is 0 Å². The lowest BCUT2D eigenvalue weighted by molar-refractivity contribution is 0.0955. The van der Waals surface area contributed by atoms with Crippen LogP contribution in [0.1, 0.15) is 27.0 Å². The van der Waals surface area contributed by atoms with E-state index >= 15 is 0 Å². The van der Waals surface area contributed by atoms with Gasteiger partial charge in [-0.15, -0.1) is 0 Å². The highest BCUT2D eigenvalue weighted by Crippen LogP contribution is 2.12. The molecule has 0 aliphatic heterocycles. The average molecular weight is 320 g/mol. The van der Waals surface area contributed by atoms with Crippen LogP contribution < -0.4 is 10.9 Å². The van der Waals surface area contributed by atoms with E-state index in [0.717, 1.165) is 11.1 Å². The molecule has 1 amide bonds. The number of carbonyl (C=O) groups is 1. The van der Waals surface area contributed by atoms with Crippen LogP contribution in [0.25, 0.3) is 11.0 Å². The standard InChI is InChI=1S/C19H16N2O3/c1-12-4-3-5-14(8-12)19(23)21-20-10-15-11-24-17-7-6-13(2)9-16(17)18(15)22/h3-11H,1-2H3,(H,21,23). The summed E-state index contributed by atoms with van der Waals surface area (Å²) < 4.78 is 5.43. The topological polar surface area (TPSA) is 71.7 Å². The highest BCUT2D eigenvalue weighted by atomic mass is 16.3. The maximum absolute atomic E-state index is 12.4. The molecule has 0 radical (unpaired) electrons. The minimum absolute atomic E-state index is 0.187. The molecule has 0 saturated heterocycles. The first-order valence-corrected chi connectivity index (χ1v) is 7.47. The molecule has 0 aliphatic rings. The Hall–Kier alpha value is -3.21. The fraction of sp³-hybridized carbons (Fsp3) is 0.105. The Morgan fingerprint density at radius 2 is 1.92 bits per heavy atom. The fourth-order valence-electron chi connectivity index (χ4n) is 2.36. The molecular formula is C19H16N2O3. The van der Waals surface area contributed by atoms with E-state index in [2.05, 4.69) is 10.5 Å². The average Bonchev–Trinajstić information content (AvgIpc) is 2.57. The molecule has 3 rings (SSSR count). The quantitative estimate of drug-likeness (QED) is 0.595. The number of fused-ring (bicyclic) bond motifs is 1. The molecule has 1 N–H and O–H groups in total. The Morgan fingerprint density at radius 1 is 1.12 bits per heavy atom. The molecule has 0 fully saturated rings. The van der Waals surface area contributed by atoms with Crippen molar-refractivity contribution in [2.45, 2.75) is 13.8 Å². The number of hydrazone groups is 1. The number of amides is 1. The molecule has 1 aromatic heterocycles. The lowest BCUT2D eigenvalue weighted by atomic mass is 10.1. The van der Waals surface area contributed by atoms with Gasteiger partial charge in [-0.3, -0.25) is 9.59 Å². The SMILES string of the molecule is Cc1cccc(C(=O)NN=Cc2coc3ccc(C)cc3c2=O)c1. The monoisotopic (exact) mass is 320 g/mol. The van der Waals surface area contributed by atoms with Gasteiger partial charge in [0.2, 0.25) is 5.43 Å². The van der Waals surface area contributed by atoms with E-state index in [9.17, 15) is 9.59 Å². The number of nitrogens with zero attached hydrogens (tertiary/aromatic N) is 1. The Bertz CT molecular complexity index is 1000. The number of hydrogen-bond donors (Lipinski definition) is 1. The minimum atomic E-state index is -0.337. The normalized spacial score (nSPS) is 11.1. The zero-order valence-electron chi connectivity index (χ0n) is 13.4. The molecule has 3 aromatic rings. The Kier molecular flexibility index (Phi) is 4.24. The zero-order valence-corrected chi connectivity index (χ0v) is 13.4. The van der Waals surface area contributed by atoms with Crippen LogP contribution in [0.3, 0.4) is 0 Å². The molecule has 1 heterocycles. The van der Waals surface area contributed by atoms with Gasteiger partial charge in [-0.25, -0.2) is 5.43 Å². The van der Waals surface area contributed by atoms with Crippen molar-refractivity contribution in [2.24, 2.45) is 5.10 Å². The number of nitrogens with one attached hydrogen (secondary N) is 1. The second-order valence-corrected chi connectivity index (χ2v) is 5.59. The third kappa shape index (κ3) is 3.25. The molecular weight excluding hydrogens is 304 g/mol. The van der Waals surface area contributed by atoms with Crippen molar-refractivity contribution in [3.05, 3.63) is 81.2 Å². The van der Waals surface area contributed by atoms with E-state index in [1.807, 2.05) is 26.0 Å². The Morgan fingerprint density at radius 3 is 2.71 bits per heavy atom. The number of benzene rings is 2. The maximum atomic E-state index is 12.4. The summed E-state index contributed by atoms with van der Waals surface area (Å²) in [5, 5.41) is 4.34. The molecule has 5 heteroatoms. The highest BCUT2D eigenvalue weighted by molar-refractivity contribution is 5.95. The molecule has 5 nitrogen and oxygen atoms in total. The molecule has 2 aromatic carbocycles. The molecule has 24 heavy (non-hydrogen) atoms. The molecule has 0 atom stereocenters. The van der Waals surface area contributed by atoms with Gasteiger partial charge in [0.25, 0.3) is 5.91 Å². The summed E-state index contributed by atoms with van der Waals surface area (Å²) in [7, 11) is 0. The van der Waals surface area contributed by atoms with Gasteiger partial charge in [0, 0.05) is 5.56 Å². The van der Waals surface area contributed by atoms with E-state index in [1.165, 1.54) is 12.5 Å². The van der Waals surface area contributed by atoms with E-state index in [-0.39, 0.29) is 16.9 Å². The Balaban J connectivity index is 1.82. The van der Waals surface area contributed by atoms with E-state index in [0.29, 0.717) is 16.5 Å². The van der Waals surface area contributed by atoms with Gasteiger partial charge in [-0.1, -0.05) is 29.3 Å². The van der Waals surface area contributed by atoms with Gasteiger partial charge < -0.3 is 4.42 Å². The lowest BCUT2D eigenvalue weighted by Crippen LogP contribution is -2.18. The number of carbonyl (C=O) groups excluding carboxylic acids is 1. The van der Waals surface area contributed by atoms with Crippen molar-refractivity contribution in [1.29, 1.82) is 0 Å². The van der Waals surface area contributed by atoms with Crippen molar-refractivity contribution in [1.82, 2.24) is 5.43 Å². The Labute approximate surface area is 138 Å². The van der Waals surface area contributed by atoms with Crippen LogP contribution >= 0.6 is 0 Å². The lowest BCUT2D eigenvalue weighted by Gasteiger charge is -2.01. The molecule has 120 valence electrons. The van der Waals surface area contributed by atoms with Gasteiger partial charge in [-0.05, 0) is 38.1 Å². The highest BCUT2D eigenvalue weighted by Gasteiger charge is 2.06. The molecule has 0 aliphatic carbocycles. The van der Waals surface area contributed by atoms with Crippen LogP contribution in [-0.4, -0.2) is 12.1 Å². The summed E-state index contributed by atoms with van der Waals surface area (Å²) in [6.07, 6.45) is 2.63. The first-order chi connectivity index (χ1) is 11.5. The molecule has 0 unspecified atom stereocenters. The third-order valence-corrected chi connectivity index (χ3v) is 3.60. The van der Waals surface area contributed by atoms with Gasteiger partial charge in [0.1, 0.15) is 11.8 Å². The van der Waals surface area contributed by atoms with Crippen LogP contribution in [0.2, 0.25) is 0 Å². The summed E-state index contributed by atoms with van der Waals surface area (Å²) in [6.45, 7) is 3.81. The molecule has 0 bridgehead atoms. The summed E-state index contributed by atoms with van der Waals surface area (Å²) in [5.74, 6) is -0.337. The van der Waals surface area contributed by atoms with E-state index in [1.54, 1.807) is 30.3 Å². The summed E-state index contributed by atoms with van der Waals surface area (Å²) in [5.41, 5.74) is 5.48. The van der Waals surface area contributed by atoms with Crippen LogP contribution in [0.15, 0.2) is 63.0 Å². The number of rotatable bonds is 3. The maximum Gasteiger partial charge on any atom is 0.271 e. The largest absolute Gasteiger partial charge is 0.463 e. The van der Waals surface area contributed by atoms with Crippen LogP contribution in [0, 0.1) is 13.8 Å². The van der Waals surface area contributed by atoms with Gasteiger partial charge in [-0.2, -0.15) is 5.10 Å². The van der Waals surface area contributed by atoms with Crippen molar-refractivity contribution < 1.29 is 9.21 Å². The summed E-state index contributed by atoms with van der Waals surface area (Å²) in [6, 6.07) is 12.6. The van der Waals surface area contributed by atoms with Gasteiger partial charge in [0.15, 0.2) is 0 Å². The summed E-state index contributed by atoms with van der Waals surface area (Å²) >= 11 is 0. The van der Waals surface area contributed by atoms with Crippen molar-refractivity contribution in [2.75, 3.05) is 0 Å². The predicted molar refractivity (Wildman–Crippen MR) is 93.5 cm³/mol. The fourth-order valence-corrected chi connectivity index (χ4v) is 2.36. The van der Waals surface area contributed by atoms with Crippen LogP contribution in [-0.2, 0) is 0 Å². The van der Waals surface area contributed by atoms with Crippen molar-refractivity contribution in [3.63, 3.8) is 0 Å². The first-order valence-electron chi connectivity index (χ1n) is 7.47. The zero-order chi connectivity index (χ0) is 17.1. The number of aryl methyl sites for hydroxylation is 2. The van der Waals surface area contributed by atoms with E-state index in [4.69, 9.17) is 4.42 Å². The van der Waals surface area contributed by atoms with Crippen molar-refractivity contribution in [3.8, 4) is 0 Å².